The highest BCUT2D eigenvalue weighted by atomic mass is 15.2. The van der Waals surface area contributed by atoms with Gasteiger partial charge in [0.25, 0.3) is 0 Å². The standard InChI is InChI=1S/C43H31BN2/c1-43(2)38(29-18-8-4-9-19-29)37(28-16-6-3-7-17-28)41-42(43)44-33-23-13-15-25-35(33)45(30-20-10-5-11-21-30)36-27-26-32-31-22-12-14-24-34(31)46(41)40(32)39(36)44/h3-27H,1-2H3. The Morgan fingerprint density at radius 2 is 1.17 bits per heavy atom. The summed E-state index contributed by atoms with van der Waals surface area (Å²) in [6.07, 6.45) is 0. The van der Waals surface area contributed by atoms with Crippen LogP contribution in [0.25, 0.3) is 38.6 Å². The van der Waals surface area contributed by atoms with E-state index >= 15 is 0 Å². The zero-order chi connectivity index (χ0) is 30.6. The molecule has 0 N–H and O–H groups in total. The lowest BCUT2D eigenvalue weighted by atomic mass is 9.30. The first-order valence-electron chi connectivity index (χ1n) is 16.3. The second-order valence-corrected chi connectivity index (χ2v) is 13.3. The molecule has 216 valence electrons. The molecule has 3 heterocycles. The number of anilines is 3. The number of hydrogen-bond acceptors (Lipinski definition) is 1. The summed E-state index contributed by atoms with van der Waals surface area (Å²) in [5, 5.41) is 2.62. The normalized spacial score (nSPS) is 16.0. The van der Waals surface area contributed by atoms with Gasteiger partial charge in [-0.3, -0.25) is 0 Å². The molecular formula is C43H31BN2. The van der Waals surface area contributed by atoms with Crippen LogP contribution >= 0.6 is 0 Å². The van der Waals surface area contributed by atoms with E-state index in [0.29, 0.717) is 0 Å². The smallest absolute Gasteiger partial charge is 0.248 e. The molecule has 7 aromatic rings. The summed E-state index contributed by atoms with van der Waals surface area (Å²) in [6, 6.07) is 55.9. The minimum atomic E-state index is -0.253. The highest BCUT2D eigenvalue weighted by Crippen LogP contribution is 2.60. The van der Waals surface area contributed by atoms with Gasteiger partial charge in [-0.15, -0.1) is 0 Å². The van der Waals surface area contributed by atoms with E-state index in [4.69, 9.17) is 0 Å². The van der Waals surface area contributed by atoms with E-state index in [1.807, 2.05) is 0 Å². The average Bonchev–Trinajstić information content (AvgIpc) is 3.57. The van der Waals surface area contributed by atoms with E-state index in [1.54, 1.807) is 0 Å². The van der Waals surface area contributed by atoms with Crippen molar-refractivity contribution in [3.63, 3.8) is 0 Å². The monoisotopic (exact) mass is 586 g/mol. The molecule has 0 fully saturated rings. The van der Waals surface area contributed by atoms with Crippen LogP contribution in [0, 0.1) is 5.41 Å². The molecule has 0 spiro atoms. The van der Waals surface area contributed by atoms with E-state index in [-0.39, 0.29) is 12.1 Å². The van der Waals surface area contributed by atoms with Crippen molar-refractivity contribution in [1.29, 1.82) is 0 Å². The van der Waals surface area contributed by atoms with Crippen molar-refractivity contribution in [2.24, 2.45) is 5.41 Å². The van der Waals surface area contributed by atoms with E-state index in [0.717, 1.165) is 0 Å². The average molecular weight is 587 g/mol. The minimum absolute atomic E-state index is 0.108. The molecule has 2 nitrogen and oxygen atoms in total. The number of benzene rings is 6. The van der Waals surface area contributed by atoms with Crippen LogP contribution in [0.5, 0.6) is 0 Å². The van der Waals surface area contributed by atoms with Crippen molar-refractivity contribution in [2.45, 2.75) is 13.8 Å². The summed E-state index contributed by atoms with van der Waals surface area (Å²) < 4.78 is 2.63. The summed E-state index contributed by atoms with van der Waals surface area (Å²) in [7, 11) is 0. The molecule has 3 heteroatoms. The number of aromatic nitrogens is 1. The highest BCUT2D eigenvalue weighted by Gasteiger charge is 2.52. The second kappa shape index (κ2) is 9.25. The molecule has 0 bridgehead atoms. The number of nitrogens with zero attached hydrogens (tertiary/aromatic N) is 2. The number of fused-ring (bicyclic) bond motifs is 7. The lowest BCUT2D eigenvalue weighted by molar-refractivity contribution is 0.641. The Balaban J connectivity index is 1.41. The van der Waals surface area contributed by atoms with Gasteiger partial charge in [0.15, 0.2) is 0 Å². The molecule has 3 aliphatic rings. The molecule has 46 heavy (non-hydrogen) atoms. The highest BCUT2D eigenvalue weighted by molar-refractivity contribution is 6.97. The van der Waals surface area contributed by atoms with Crippen molar-refractivity contribution in [2.75, 3.05) is 4.90 Å². The first kappa shape index (κ1) is 25.8. The van der Waals surface area contributed by atoms with Gasteiger partial charge in [0.2, 0.25) is 6.71 Å². The van der Waals surface area contributed by atoms with Crippen LogP contribution < -0.4 is 15.8 Å². The van der Waals surface area contributed by atoms with Gasteiger partial charge in [-0.25, -0.2) is 0 Å². The molecule has 2 aliphatic heterocycles. The lowest BCUT2D eigenvalue weighted by Gasteiger charge is -2.42. The lowest BCUT2D eigenvalue weighted by Crippen LogP contribution is -2.55. The number of allylic oxidation sites excluding steroid dienone is 4. The van der Waals surface area contributed by atoms with Gasteiger partial charge in [-0.05, 0) is 58.0 Å². The molecule has 1 aliphatic carbocycles. The van der Waals surface area contributed by atoms with E-state index in [1.165, 1.54) is 83.2 Å². The summed E-state index contributed by atoms with van der Waals surface area (Å²) in [6.45, 7) is 5.03. The van der Waals surface area contributed by atoms with Crippen LogP contribution in [0.2, 0.25) is 0 Å². The third-order valence-corrected chi connectivity index (χ3v) is 10.6. The third-order valence-electron chi connectivity index (χ3n) is 10.6. The van der Waals surface area contributed by atoms with Crippen molar-refractivity contribution < 1.29 is 0 Å². The van der Waals surface area contributed by atoms with Gasteiger partial charge < -0.3 is 9.47 Å². The van der Waals surface area contributed by atoms with Crippen molar-refractivity contribution in [3.05, 3.63) is 168 Å². The SMILES string of the molecule is CC1(C)C2=C(C(c3ccccc3)=C1c1ccccc1)n1c3ccccc3c3ccc4c(c31)B2c1ccccc1N4c1ccccc1. The Morgan fingerprint density at radius 1 is 0.543 bits per heavy atom. The maximum absolute atomic E-state index is 2.63. The zero-order valence-electron chi connectivity index (χ0n) is 25.9. The Morgan fingerprint density at radius 3 is 1.93 bits per heavy atom. The van der Waals surface area contributed by atoms with Gasteiger partial charge in [-0.1, -0.05) is 141 Å². The molecule has 0 unspecified atom stereocenters. The van der Waals surface area contributed by atoms with Crippen molar-refractivity contribution in [3.8, 4) is 0 Å². The van der Waals surface area contributed by atoms with Crippen LogP contribution in [0.15, 0.2) is 157 Å². The summed E-state index contributed by atoms with van der Waals surface area (Å²) in [5.74, 6) is 0. The Kier molecular flexibility index (Phi) is 5.18. The summed E-state index contributed by atoms with van der Waals surface area (Å²) in [5.41, 5.74) is 16.9. The fraction of sp³-hybridized carbons (Fsp3) is 0.0698. The molecule has 10 rings (SSSR count). The van der Waals surface area contributed by atoms with Gasteiger partial charge in [0, 0.05) is 44.5 Å². The second-order valence-electron chi connectivity index (χ2n) is 13.3. The van der Waals surface area contributed by atoms with E-state index < -0.39 is 0 Å². The largest absolute Gasteiger partial charge is 0.311 e. The van der Waals surface area contributed by atoms with Crippen LogP contribution in [0.1, 0.15) is 25.0 Å². The maximum atomic E-state index is 2.63. The van der Waals surface area contributed by atoms with Crippen molar-refractivity contribution >= 4 is 73.3 Å². The van der Waals surface area contributed by atoms with Gasteiger partial charge >= 0.3 is 0 Å². The molecule has 0 saturated heterocycles. The maximum Gasteiger partial charge on any atom is 0.248 e. The molecular weight excluding hydrogens is 555 g/mol. The number of rotatable bonds is 3. The molecule has 1 aromatic heterocycles. The molecule has 0 atom stereocenters. The van der Waals surface area contributed by atoms with E-state index in [2.05, 4.69) is 175 Å². The molecule has 0 amide bonds. The van der Waals surface area contributed by atoms with Crippen LogP contribution in [-0.2, 0) is 0 Å². The fourth-order valence-corrected chi connectivity index (χ4v) is 8.88. The van der Waals surface area contributed by atoms with Crippen LogP contribution in [0.4, 0.5) is 17.1 Å². The van der Waals surface area contributed by atoms with E-state index in [9.17, 15) is 0 Å². The molecule has 0 radical (unpaired) electrons. The quantitative estimate of drug-likeness (QED) is 0.187. The Hall–Kier alpha value is -5.54. The Bertz CT molecular complexity index is 2430. The van der Waals surface area contributed by atoms with Gasteiger partial charge in [-0.2, -0.15) is 0 Å². The topological polar surface area (TPSA) is 8.17 Å². The number of para-hydroxylation sites is 3. The van der Waals surface area contributed by atoms with Crippen LogP contribution in [0.3, 0.4) is 0 Å². The van der Waals surface area contributed by atoms with Gasteiger partial charge in [0.05, 0.1) is 11.0 Å². The van der Waals surface area contributed by atoms with Crippen LogP contribution in [-0.4, -0.2) is 11.3 Å². The Labute approximate surface area is 269 Å². The minimum Gasteiger partial charge on any atom is -0.311 e. The fourth-order valence-electron chi connectivity index (χ4n) is 8.88. The summed E-state index contributed by atoms with van der Waals surface area (Å²) >= 11 is 0. The predicted octanol–water partition coefficient (Wildman–Crippen LogP) is 9.60. The van der Waals surface area contributed by atoms with Crippen molar-refractivity contribution in [1.82, 2.24) is 4.57 Å². The molecule has 6 aromatic carbocycles. The molecule has 0 saturated carbocycles. The first-order chi connectivity index (χ1) is 22.6. The predicted molar refractivity (Wildman–Crippen MR) is 196 cm³/mol. The van der Waals surface area contributed by atoms with Gasteiger partial charge in [0.1, 0.15) is 0 Å². The first-order valence-corrected chi connectivity index (χ1v) is 16.3. The third kappa shape index (κ3) is 3.22. The zero-order valence-corrected chi connectivity index (χ0v) is 25.9. The summed E-state index contributed by atoms with van der Waals surface area (Å²) in [4.78, 5) is 2.49. The number of hydrogen-bond donors (Lipinski definition) is 0.